The van der Waals surface area contributed by atoms with Crippen molar-refractivity contribution in [1.82, 2.24) is 14.5 Å². The highest BCUT2D eigenvalue weighted by Crippen LogP contribution is 2.19. The minimum absolute atomic E-state index is 0.278. The van der Waals surface area contributed by atoms with Gasteiger partial charge in [-0.25, -0.2) is 4.98 Å². The van der Waals surface area contributed by atoms with Crippen LogP contribution in [0, 0.1) is 5.92 Å². The summed E-state index contributed by atoms with van der Waals surface area (Å²) >= 11 is 0. The number of rotatable bonds is 6. The molecule has 0 aromatic carbocycles. The first kappa shape index (κ1) is 14.3. The van der Waals surface area contributed by atoms with Gasteiger partial charge in [0.2, 0.25) is 5.95 Å². The van der Waals surface area contributed by atoms with Crippen LogP contribution in [-0.2, 0) is 11.3 Å². The molecule has 1 aromatic heterocycles. The van der Waals surface area contributed by atoms with Crippen LogP contribution in [-0.4, -0.2) is 54.3 Å². The van der Waals surface area contributed by atoms with Gasteiger partial charge in [-0.2, -0.15) is 0 Å². The van der Waals surface area contributed by atoms with Gasteiger partial charge >= 0.3 is 0 Å². The highest BCUT2D eigenvalue weighted by Gasteiger charge is 2.18. The molecule has 2 rings (SSSR count). The van der Waals surface area contributed by atoms with Crippen LogP contribution in [0.15, 0.2) is 12.4 Å². The molecule has 2 heterocycles. The van der Waals surface area contributed by atoms with Crippen LogP contribution in [0.2, 0.25) is 0 Å². The number of imidazole rings is 1. The molecular formula is C14H26N4O. The predicted molar refractivity (Wildman–Crippen MR) is 77.4 cm³/mol. The lowest BCUT2D eigenvalue weighted by atomic mass is 9.98. The molecule has 5 heteroatoms. The number of hydrogen-bond donors (Lipinski definition) is 1. The summed E-state index contributed by atoms with van der Waals surface area (Å²) in [6.07, 6.45) is 6.55. The zero-order valence-corrected chi connectivity index (χ0v) is 12.3. The zero-order valence-electron chi connectivity index (χ0n) is 12.3. The maximum absolute atomic E-state index is 5.15. The molecule has 0 aliphatic carbocycles. The molecule has 108 valence electrons. The van der Waals surface area contributed by atoms with Crippen molar-refractivity contribution in [2.24, 2.45) is 5.92 Å². The third-order valence-corrected chi connectivity index (χ3v) is 3.68. The van der Waals surface area contributed by atoms with E-state index >= 15 is 0 Å². The van der Waals surface area contributed by atoms with E-state index in [4.69, 9.17) is 4.74 Å². The summed E-state index contributed by atoms with van der Waals surface area (Å²) in [4.78, 5) is 6.83. The van der Waals surface area contributed by atoms with Crippen molar-refractivity contribution >= 4 is 5.95 Å². The predicted octanol–water partition coefficient (Wildman–Crippen LogP) is 1.67. The second-order valence-electron chi connectivity index (χ2n) is 5.67. The summed E-state index contributed by atoms with van der Waals surface area (Å²) in [5.74, 6) is 1.68. The summed E-state index contributed by atoms with van der Waals surface area (Å²) in [6, 6.07) is 0.278. The van der Waals surface area contributed by atoms with Crippen molar-refractivity contribution in [2.75, 3.05) is 39.2 Å². The number of nitrogens with zero attached hydrogens (tertiary/aromatic N) is 3. The first-order chi connectivity index (χ1) is 9.19. The summed E-state index contributed by atoms with van der Waals surface area (Å²) in [5.41, 5.74) is 0. The molecule has 0 radical (unpaired) electrons. The van der Waals surface area contributed by atoms with Crippen molar-refractivity contribution < 1.29 is 4.74 Å². The third-order valence-electron chi connectivity index (χ3n) is 3.68. The molecule has 19 heavy (non-hydrogen) atoms. The number of piperidine rings is 1. The smallest absolute Gasteiger partial charge is 0.203 e. The molecule has 0 bridgehead atoms. The number of methoxy groups -OCH3 is 1. The Hall–Kier alpha value is -1.07. The van der Waals surface area contributed by atoms with Crippen molar-refractivity contribution in [3.05, 3.63) is 12.4 Å². The summed E-state index contributed by atoms with van der Waals surface area (Å²) in [6.45, 7) is 6.27. The second kappa shape index (κ2) is 6.91. The minimum atomic E-state index is 0.278. The molecule has 1 fully saturated rings. The molecule has 1 aromatic rings. The van der Waals surface area contributed by atoms with E-state index in [0.29, 0.717) is 6.61 Å². The van der Waals surface area contributed by atoms with E-state index < -0.39 is 0 Å². The number of hydrogen-bond acceptors (Lipinski definition) is 4. The lowest BCUT2D eigenvalue weighted by molar-refractivity contribution is 0.188. The molecule has 0 spiro atoms. The van der Waals surface area contributed by atoms with Gasteiger partial charge in [-0.15, -0.1) is 0 Å². The molecule has 5 nitrogen and oxygen atoms in total. The van der Waals surface area contributed by atoms with Gasteiger partial charge in [0.05, 0.1) is 6.61 Å². The Morgan fingerprint density at radius 2 is 2.42 bits per heavy atom. The number of aromatic nitrogens is 2. The van der Waals surface area contributed by atoms with Crippen LogP contribution >= 0.6 is 0 Å². The monoisotopic (exact) mass is 266 g/mol. The Balaban J connectivity index is 1.91. The van der Waals surface area contributed by atoms with Gasteiger partial charge in [0.15, 0.2) is 0 Å². The van der Waals surface area contributed by atoms with Crippen LogP contribution in [0.4, 0.5) is 5.95 Å². The van der Waals surface area contributed by atoms with Crippen LogP contribution < -0.4 is 5.32 Å². The molecule has 2 unspecified atom stereocenters. The summed E-state index contributed by atoms with van der Waals surface area (Å²) < 4.78 is 7.38. The highest BCUT2D eigenvalue weighted by atomic mass is 16.5. The van der Waals surface area contributed by atoms with Gasteiger partial charge in [-0.05, 0) is 39.3 Å². The van der Waals surface area contributed by atoms with E-state index in [1.165, 1.54) is 25.9 Å². The first-order valence-electron chi connectivity index (χ1n) is 7.14. The Kier molecular flexibility index (Phi) is 5.22. The zero-order chi connectivity index (χ0) is 13.7. The number of ether oxygens (including phenoxy) is 1. The average molecular weight is 266 g/mol. The van der Waals surface area contributed by atoms with Crippen LogP contribution in [0.3, 0.4) is 0 Å². The van der Waals surface area contributed by atoms with Crippen molar-refractivity contribution in [2.45, 2.75) is 32.4 Å². The van der Waals surface area contributed by atoms with Crippen LogP contribution in [0.25, 0.3) is 0 Å². The van der Waals surface area contributed by atoms with Crippen molar-refractivity contribution in [3.8, 4) is 0 Å². The first-order valence-corrected chi connectivity index (χ1v) is 7.14. The topological polar surface area (TPSA) is 42.3 Å². The average Bonchev–Trinajstić information content (AvgIpc) is 2.77. The third kappa shape index (κ3) is 4.21. The Bertz CT molecular complexity index is 379. The van der Waals surface area contributed by atoms with Gasteiger partial charge in [0.25, 0.3) is 0 Å². The van der Waals surface area contributed by atoms with E-state index in [0.717, 1.165) is 18.4 Å². The van der Waals surface area contributed by atoms with Gasteiger partial charge in [-0.3, -0.25) is 0 Å². The Labute approximate surface area is 116 Å². The molecule has 2 atom stereocenters. The molecule has 1 aliphatic rings. The van der Waals surface area contributed by atoms with Gasteiger partial charge in [0.1, 0.15) is 0 Å². The maximum Gasteiger partial charge on any atom is 0.203 e. The van der Waals surface area contributed by atoms with Gasteiger partial charge in [-0.1, -0.05) is 0 Å². The quantitative estimate of drug-likeness (QED) is 0.850. The van der Waals surface area contributed by atoms with E-state index in [-0.39, 0.29) is 6.04 Å². The maximum atomic E-state index is 5.15. The van der Waals surface area contributed by atoms with Gasteiger partial charge < -0.3 is 19.5 Å². The second-order valence-corrected chi connectivity index (χ2v) is 5.67. The molecular weight excluding hydrogens is 240 g/mol. The van der Waals surface area contributed by atoms with E-state index in [1.54, 1.807) is 7.11 Å². The van der Waals surface area contributed by atoms with Crippen molar-refractivity contribution in [3.63, 3.8) is 0 Å². The molecule has 1 saturated heterocycles. The van der Waals surface area contributed by atoms with Gasteiger partial charge in [0, 0.05) is 38.6 Å². The standard InChI is InChI=1S/C14H26N4O/c1-12(11-19-3)16-14-15-6-8-18(14)10-13-5-4-7-17(2)9-13/h6,8,12-13H,4-5,7,9-11H2,1-3H3,(H,15,16). The summed E-state index contributed by atoms with van der Waals surface area (Å²) in [5, 5.41) is 3.41. The van der Waals surface area contributed by atoms with E-state index in [9.17, 15) is 0 Å². The fourth-order valence-corrected chi connectivity index (χ4v) is 2.81. The normalized spacial score (nSPS) is 22.4. The molecule has 1 N–H and O–H groups in total. The Morgan fingerprint density at radius 3 is 3.16 bits per heavy atom. The molecule has 1 aliphatic heterocycles. The number of anilines is 1. The number of nitrogens with one attached hydrogen (secondary N) is 1. The van der Waals surface area contributed by atoms with Crippen LogP contribution in [0.1, 0.15) is 19.8 Å². The minimum Gasteiger partial charge on any atom is -0.383 e. The van der Waals surface area contributed by atoms with Crippen molar-refractivity contribution in [1.29, 1.82) is 0 Å². The fourth-order valence-electron chi connectivity index (χ4n) is 2.81. The highest BCUT2D eigenvalue weighted by molar-refractivity contribution is 5.27. The van der Waals surface area contributed by atoms with E-state index in [2.05, 4.69) is 39.9 Å². The fraction of sp³-hybridized carbons (Fsp3) is 0.786. The van der Waals surface area contributed by atoms with E-state index in [1.807, 2.05) is 6.20 Å². The molecule has 0 saturated carbocycles. The lowest BCUT2D eigenvalue weighted by Crippen LogP contribution is -2.34. The number of likely N-dealkylation sites (tertiary alicyclic amines) is 1. The lowest BCUT2D eigenvalue weighted by Gasteiger charge is -2.30. The Morgan fingerprint density at radius 1 is 1.58 bits per heavy atom. The van der Waals surface area contributed by atoms with Crippen LogP contribution in [0.5, 0.6) is 0 Å². The SMILES string of the molecule is COCC(C)Nc1nccn1CC1CCCN(C)C1. The molecule has 0 amide bonds. The summed E-state index contributed by atoms with van der Waals surface area (Å²) in [7, 11) is 3.93. The largest absolute Gasteiger partial charge is 0.383 e.